The van der Waals surface area contributed by atoms with Gasteiger partial charge in [-0.25, -0.2) is 23.9 Å². The Bertz CT molecular complexity index is 1620. The molecule has 5 heterocycles. The first kappa shape index (κ1) is 24.0. The summed E-state index contributed by atoms with van der Waals surface area (Å²) in [7, 11) is 0. The number of halogens is 2. The minimum Gasteiger partial charge on any atom is -0.395 e. The molecule has 6 rings (SSSR count). The van der Waals surface area contributed by atoms with E-state index in [1.807, 2.05) is 12.1 Å². The lowest BCUT2D eigenvalue weighted by Gasteiger charge is -2.40. The Balaban J connectivity index is 1.35. The molecule has 38 heavy (non-hydrogen) atoms. The monoisotopic (exact) mass is 515 g/mol. The van der Waals surface area contributed by atoms with E-state index in [4.69, 9.17) is 5.10 Å². The molecule has 192 valence electrons. The molecule has 11 heteroatoms. The predicted molar refractivity (Wildman–Crippen MR) is 134 cm³/mol. The van der Waals surface area contributed by atoms with Gasteiger partial charge in [-0.3, -0.25) is 9.69 Å². The van der Waals surface area contributed by atoms with Gasteiger partial charge in [0.25, 0.3) is 0 Å². The number of hydrogen-bond donors (Lipinski definition) is 1. The van der Waals surface area contributed by atoms with Gasteiger partial charge >= 0.3 is 0 Å². The first-order valence-electron chi connectivity index (χ1n) is 12.1. The van der Waals surface area contributed by atoms with Crippen molar-refractivity contribution in [2.24, 2.45) is 0 Å². The number of imidazole rings is 2. The van der Waals surface area contributed by atoms with E-state index >= 15 is 0 Å². The normalized spacial score (nSPS) is 14.2. The van der Waals surface area contributed by atoms with E-state index in [-0.39, 0.29) is 36.2 Å². The van der Waals surface area contributed by atoms with Gasteiger partial charge in [0.2, 0.25) is 5.95 Å². The highest BCUT2D eigenvalue weighted by Gasteiger charge is 2.31. The molecule has 1 aliphatic heterocycles. The molecule has 0 spiro atoms. The first-order chi connectivity index (χ1) is 18.5. The summed E-state index contributed by atoms with van der Waals surface area (Å²) >= 11 is 0. The second kappa shape index (κ2) is 9.84. The van der Waals surface area contributed by atoms with E-state index in [2.05, 4.69) is 24.4 Å². The van der Waals surface area contributed by atoms with Crippen LogP contribution in [0.1, 0.15) is 22.1 Å². The summed E-state index contributed by atoms with van der Waals surface area (Å²) in [5.41, 5.74) is 4.15. The van der Waals surface area contributed by atoms with Crippen molar-refractivity contribution in [3.05, 3.63) is 90.3 Å². The number of carbonyl (C=O) groups is 1. The van der Waals surface area contributed by atoms with Crippen molar-refractivity contribution in [2.45, 2.75) is 12.5 Å². The molecule has 0 unspecified atom stereocenters. The largest absolute Gasteiger partial charge is 0.395 e. The van der Waals surface area contributed by atoms with Crippen molar-refractivity contribution in [3.63, 3.8) is 0 Å². The van der Waals surface area contributed by atoms with Crippen LogP contribution in [-0.4, -0.2) is 71.2 Å². The summed E-state index contributed by atoms with van der Waals surface area (Å²) in [5, 5.41) is 14.0. The molecule has 0 aliphatic carbocycles. The fraction of sp³-hybridized carbons (Fsp3) is 0.222. The number of β-amino-alcohol motifs (C(OH)–C–C–N with tert-alkyl or cyclic N) is 1. The molecule has 1 N–H and O–H groups in total. The summed E-state index contributed by atoms with van der Waals surface area (Å²) < 4.78 is 30.7. The summed E-state index contributed by atoms with van der Waals surface area (Å²) in [6.07, 6.45) is 4.70. The number of rotatable bonds is 8. The molecule has 1 saturated heterocycles. The van der Waals surface area contributed by atoms with Crippen LogP contribution in [0.5, 0.6) is 0 Å². The highest BCUT2D eigenvalue weighted by molar-refractivity contribution is 5.97. The van der Waals surface area contributed by atoms with E-state index in [0.717, 1.165) is 30.4 Å². The number of hydrogen-bond acceptors (Lipinski definition) is 7. The average Bonchev–Trinajstić information content (AvgIpc) is 3.49. The molecule has 0 atom stereocenters. The van der Waals surface area contributed by atoms with Crippen LogP contribution in [0, 0.1) is 11.8 Å². The van der Waals surface area contributed by atoms with Gasteiger partial charge < -0.3 is 9.67 Å². The Kier molecular flexibility index (Phi) is 6.22. The Morgan fingerprint density at radius 3 is 2.63 bits per heavy atom. The van der Waals surface area contributed by atoms with E-state index in [0.29, 0.717) is 29.3 Å². The number of aliphatic hydroxyl groups excluding tert-OH is 1. The van der Waals surface area contributed by atoms with E-state index < -0.39 is 5.95 Å². The van der Waals surface area contributed by atoms with Gasteiger partial charge in [-0.05, 0) is 42.5 Å². The maximum atomic E-state index is 13.6. The third-order valence-electron chi connectivity index (χ3n) is 6.66. The minimum atomic E-state index is -0.711. The Labute approximate surface area is 216 Å². The molecule has 0 amide bonds. The molecule has 0 saturated carbocycles. The quantitative estimate of drug-likeness (QED) is 0.250. The summed E-state index contributed by atoms with van der Waals surface area (Å²) in [4.78, 5) is 27.4. The molecule has 1 aliphatic rings. The predicted octanol–water partition coefficient (Wildman–Crippen LogP) is 3.21. The number of benzene rings is 1. The van der Waals surface area contributed by atoms with Gasteiger partial charge in [0, 0.05) is 43.0 Å². The highest BCUT2D eigenvalue weighted by Crippen LogP contribution is 2.35. The van der Waals surface area contributed by atoms with Crippen molar-refractivity contribution < 1.29 is 18.7 Å². The van der Waals surface area contributed by atoms with Crippen LogP contribution in [0.3, 0.4) is 0 Å². The van der Waals surface area contributed by atoms with Crippen LogP contribution in [0.4, 0.5) is 8.78 Å². The number of carbonyl (C=O) groups excluding carboxylic acids is 1. The van der Waals surface area contributed by atoms with E-state index in [1.54, 1.807) is 29.2 Å². The van der Waals surface area contributed by atoms with Crippen molar-refractivity contribution >= 4 is 11.4 Å². The number of ketones is 1. The lowest BCUT2D eigenvalue weighted by Crippen LogP contribution is -2.48. The van der Waals surface area contributed by atoms with Crippen LogP contribution in [-0.2, 0) is 6.42 Å². The second-order valence-corrected chi connectivity index (χ2v) is 9.21. The Morgan fingerprint density at radius 2 is 1.87 bits per heavy atom. The van der Waals surface area contributed by atoms with Gasteiger partial charge in [-0.15, -0.1) is 0 Å². The van der Waals surface area contributed by atoms with Crippen LogP contribution in [0.15, 0.2) is 67.3 Å². The number of Topliss-reactive ketones (excluding diaryl/α,β-unsaturated/α-hetero) is 1. The third kappa shape index (κ3) is 4.57. The lowest BCUT2D eigenvalue weighted by atomic mass is 10.1. The van der Waals surface area contributed by atoms with Gasteiger partial charge in [0.05, 0.1) is 48.7 Å². The Morgan fingerprint density at radius 1 is 1.05 bits per heavy atom. The topological polar surface area (TPSA) is 101 Å². The number of pyridine rings is 1. The van der Waals surface area contributed by atoms with Crippen molar-refractivity contribution in [1.29, 1.82) is 0 Å². The molecule has 9 nitrogen and oxygen atoms in total. The van der Waals surface area contributed by atoms with Gasteiger partial charge in [-0.2, -0.15) is 9.49 Å². The highest BCUT2D eigenvalue weighted by atomic mass is 19.1. The smallest absolute Gasteiger partial charge is 0.213 e. The standard InChI is InChI=1S/C27H23F2N7O2/c28-19-3-1-17(2-4-19)26-27(35(16-31-26)21-14-34(15-21)9-10-37)22-5-6-25-32-20(13-36(25)33-22)12-23(38)18-7-8-30-24(29)11-18/h1-8,11,13,16,21,37H,9-10,12,14-15H2. The van der Waals surface area contributed by atoms with Crippen LogP contribution in [0.25, 0.3) is 28.3 Å². The van der Waals surface area contributed by atoms with Crippen LogP contribution in [0.2, 0.25) is 0 Å². The number of aromatic nitrogens is 6. The van der Waals surface area contributed by atoms with E-state index in [9.17, 15) is 18.7 Å². The minimum absolute atomic E-state index is 0.0102. The lowest BCUT2D eigenvalue weighted by molar-refractivity contribution is 0.0846. The van der Waals surface area contributed by atoms with Crippen molar-refractivity contribution in [1.82, 2.24) is 34.0 Å². The van der Waals surface area contributed by atoms with E-state index in [1.165, 1.54) is 24.4 Å². The molecule has 0 bridgehead atoms. The fourth-order valence-corrected chi connectivity index (χ4v) is 4.74. The maximum Gasteiger partial charge on any atom is 0.213 e. The summed E-state index contributed by atoms with van der Waals surface area (Å²) in [5.74, 6) is -1.32. The van der Waals surface area contributed by atoms with Crippen LogP contribution >= 0.6 is 0 Å². The van der Waals surface area contributed by atoms with Crippen molar-refractivity contribution in [3.8, 4) is 22.6 Å². The molecular formula is C27H23F2N7O2. The summed E-state index contributed by atoms with van der Waals surface area (Å²) in [6.45, 7) is 2.24. The number of fused-ring (bicyclic) bond motifs is 1. The molecule has 1 aromatic carbocycles. The SMILES string of the molecule is O=C(Cc1cn2nc(-c3c(-c4ccc(F)cc4)ncn3C3CN(CCO)C3)ccc2n1)c1ccnc(F)c1. The zero-order valence-electron chi connectivity index (χ0n) is 20.2. The number of nitrogens with zero attached hydrogens (tertiary/aromatic N) is 7. The molecule has 1 fully saturated rings. The fourth-order valence-electron chi connectivity index (χ4n) is 4.74. The molecule has 0 radical (unpaired) electrons. The zero-order chi connectivity index (χ0) is 26.2. The maximum absolute atomic E-state index is 13.6. The molecular weight excluding hydrogens is 492 g/mol. The number of aliphatic hydroxyl groups is 1. The third-order valence-corrected chi connectivity index (χ3v) is 6.66. The van der Waals surface area contributed by atoms with Gasteiger partial charge in [0.1, 0.15) is 11.5 Å². The second-order valence-electron chi connectivity index (χ2n) is 9.21. The van der Waals surface area contributed by atoms with Gasteiger partial charge in [-0.1, -0.05) is 0 Å². The van der Waals surface area contributed by atoms with Crippen LogP contribution < -0.4 is 0 Å². The first-order valence-corrected chi connectivity index (χ1v) is 12.1. The number of likely N-dealkylation sites (tertiary alicyclic amines) is 1. The van der Waals surface area contributed by atoms with Gasteiger partial charge in [0.15, 0.2) is 11.4 Å². The summed E-state index contributed by atoms with van der Waals surface area (Å²) in [6, 6.07) is 12.5. The molecule has 5 aromatic rings. The van der Waals surface area contributed by atoms with Crippen molar-refractivity contribution in [2.75, 3.05) is 26.2 Å². The molecule has 4 aromatic heterocycles. The average molecular weight is 516 g/mol. The Hall–Kier alpha value is -4.35. The zero-order valence-corrected chi connectivity index (χ0v) is 20.2.